The summed E-state index contributed by atoms with van der Waals surface area (Å²) in [4.78, 5) is 0. The summed E-state index contributed by atoms with van der Waals surface area (Å²) in [5, 5.41) is 0. The Bertz CT molecular complexity index is 236. The molecular formula is C22H42. The molecule has 0 unspecified atom stereocenters. The molecule has 0 amide bonds. The Balaban J connectivity index is 3.11. The van der Waals surface area contributed by atoms with E-state index in [4.69, 9.17) is 0 Å². The average Bonchev–Trinajstić information content (AvgIpc) is 2.54. The third-order valence-electron chi connectivity index (χ3n) is 4.30. The van der Waals surface area contributed by atoms with Gasteiger partial charge in [0.2, 0.25) is 0 Å². The first kappa shape index (κ1) is 21.5. The predicted molar refractivity (Wildman–Crippen MR) is 104 cm³/mol. The van der Waals surface area contributed by atoms with Crippen molar-refractivity contribution in [3.05, 3.63) is 24.3 Å². The molecule has 0 heteroatoms. The minimum Gasteiger partial charge on any atom is -0.0882 e. The molecule has 0 aromatic carbocycles. The third-order valence-corrected chi connectivity index (χ3v) is 4.30. The number of rotatable bonds is 17. The highest BCUT2D eigenvalue weighted by Crippen LogP contribution is 2.11. The van der Waals surface area contributed by atoms with Crippen LogP contribution in [0.25, 0.3) is 0 Å². The Labute approximate surface area is 141 Å². The summed E-state index contributed by atoms with van der Waals surface area (Å²) < 4.78 is 0. The Morgan fingerprint density at radius 3 is 1.27 bits per heavy atom. The standard InChI is InChI=1S/C22H42/c1-3-5-7-9-11-13-15-17-19-21-22-20-18-16-14-12-10-8-6-4-2/h11,13,17,19H,3-10,12,14-16,18,20-22H2,1-2H3/b13-11?,19-17-. The molecule has 0 aliphatic rings. The molecule has 0 fully saturated rings. The van der Waals surface area contributed by atoms with Crippen LogP contribution in [0.4, 0.5) is 0 Å². The van der Waals surface area contributed by atoms with Crippen molar-refractivity contribution in [2.75, 3.05) is 0 Å². The number of hydrogen-bond donors (Lipinski definition) is 0. The van der Waals surface area contributed by atoms with E-state index in [-0.39, 0.29) is 0 Å². The molecular weight excluding hydrogens is 264 g/mol. The van der Waals surface area contributed by atoms with Gasteiger partial charge in [-0.05, 0) is 32.1 Å². The molecule has 0 atom stereocenters. The smallest absolute Gasteiger partial charge is 0.0169 e. The van der Waals surface area contributed by atoms with E-state index in [2.05, 4.69) is 38.2 Å². The summed E-state index contributed by atoms with van der Waals surface area (Å²) in [5.74, 6) is 0. The van der Waals surface area contributed by atoms with Crippen molar-refractivity contribution in [3.8, 4) is 0 Å². The fraction of sp³-hybridized carbons (Fsp3) is 0.818. The Kier molecular flexibility index (Phi) is 20.0. The first-order valence-corrected chi connectivity index (χ1v) is 10.2. The van der Waals surface area contributed by atoms with Crippen LogP contribution in [0.1, 0.15) is 117 Å². The largest absolute Gasteiger partial charge is 0.0882 e. The maximum atomic E-state index is 2.38. The lowest BCUT2D eigenvalue weighted by Crippen LogP contribution is -1.81. The molecule has 0 N–H and O–H groups in total. The highest BCUT2D eigenvalue weighted by atomic mass is 14.0. The van der Waals surface area contributed by atoms with Gasteiger partial charge in [-0.15, -0.1) is 0 Å². The molecule has 0 nitrogen and oxygen atoms in total. The molecule has 0 saturated heterocycles. The van der Waals surface area contributed by atoms with Gasteiger partial charge >= 0.3 is 0 Å². The van der Waals surface area contributed by atoms with Crippen LogP contribution in [-0.2, 0) is 0 Å². The van der Waals surface area contributed by atoms with Crippen molar-refractivity contribution < 1.29 is 0 Å². The van der Waals surface area contributed by atoms with Crippen LogP contribution in [0.3, 0.4) is 0 Å². The van der Waals surface area contributed by atoms with Crippen molar-refractivity contribution in [2.24, 2.45) is 0 Å². The van der Waals surface area contributed by atoms with Crippen LogP contribution < -0.4 is 0 Å². The van der Waals surface area contributed by atoms with Gasteiger partial charge < -0.3 is 0 Å². The van der Waals surface area contributed by atoms with Crippen LogP contribution in [0, 0.1) is 0 Å². The van der Waals surface area contributed by atoms with Crippen LogP contribution in [0.2, 0.25) is 0 Å². The van der Waals surface area contributed by atoms with Gasteiger partial charge in [0.25, 0.3) is 0 Å². The van der Waals surface area contributed by atoms with E-state index < -0.39 is 0 Å². The summed E-state index contributed by atoms with van der Waals surface area (Å²) in [5.41, 5.74) is 0. The van der Waals surface area contributed by atoms with Gasteiger partial charge in [-0.1, -0.05) is 109 Å². The summed E-state index contributed by atoms with van der Waals surface area (Å²) in [6.07, 6.45) is 31.4. The van der Waals surface area contributed by atoms with E-state index in [0.717, 1.165) is 6.42 Å². The Morgan fingerprint density at radius 1 is 0.409 bits per heavy atom. The fourth-order valence-electron chi connectivity index (χ4n) is 2.77. The van der Waals surface area contributed by atoms with Crippen LogP contribution in [0.5, 0.6) is 0 Å². The van der Waals surface area contributed by atoms with Crippen molar-refractivity contribution in [1.29, 1.82) is 0 Å². The molecule has 0 aliphatic heterocycles. The molecule has 0 aliphatic carbocycles. The molecule has 0 aromatic heterocycles. The van der Waals surface area contributed by atoms with Crippen LogP contribution >= 0.6 is 0 Å². The Hall–Kier alpha value is -0.520. The molecule has 0 spiro atoms. The second-order valence-corrected chi connectivity index (χ2v) is 6.64. The van der Waals surface area contributed by atoms with Gasteiger partial charge in [0.15, 0.2) is 0 Å². The van der Waals surface area contributed by atoms with E-state index in [0.29, 0.717) is 0 Å². The minimum atomic E-state index is 1.13. The zero-order valence-corrected chi connectivity index (χ0v) is 15.6. The van der Waals surface area contributed by atoms with Crippen LogP contribution in [-0.4, -0.2) is 0 Å². The van der Waals surface area contributed by atoms with Crippen LogP contribution in [0.15, 0.2) is 24.3 Å². The normalized spacial score (nSPS) is 11.9. The first-order chi connectivity index (χ1) is 10.9. The van der Waals surface area contributed by atoms with E-state index in [1.54, 1.807) is 0 Å². The highest BCUT2D eigenvalue weighted by molar-refractivity contribution is 4.92. The molecule has 130 valence electrons. The summed E-state index contributed by atoms with van der Waals surface area (Å²) in [6, 6.07) is 0. The van der Waals surface area contributed by atoms with Gasteiger partial charge in [-0.2, -0.15) is 0 Å². The number of allylic oxidation sites excluding steroid dienone is 4. The van der Waals surface area contributed by atoms with E-state index in [1.165, 1.54) is 96.3 Å². The first-order valence-electron chi connectivity index (χ1n) is 10.2. The van der Waals surface area contributed by atoms with E-state index >= 15 is 0 Å². The SMILES string of the molecule is CCCCCC=CC/C=C\CCCCCCCCCCCC. The quantitative estimate of drug-likeness (QED) is 0.187. The van der Waals surface area contributed by atoms with Crippen molar-refractivity contribution in [2.45, 2.75) is 117 Å². The van der Waals surface area contributed by atoms with E-state index in [9.17, 15) is 0 Å². The topological polar surface area (TPSA) is 0 Å². The van der Waals surface area contributed by atoms with Crippen molar-refractivity contribution in [3.63, 3.8) is 0 Å². The molecule has 0 bridgehead atoms. The molecule has 0 aromatic rings. The second kappa shape index (κ2) is 20.5. The van der Waals surface area contributed by atoms with Crippen molar-refractivity contribution in [1.82, 2.24) is 0 Å². The zero-order chi connectivity index (χ0) is 16.1. The lowest BCUT2D eigenvalue weighted by atomic mass is 10.1. The highest BCUT2D eigenvalue weighted by Gasteiger charge is 1.91. The maximum absolute atomic E-state index is 2.38. The third kappa shape index (κ3) is 19.5. The summed E-state index contributed by atoms with van der Waals surface area (Å²) >= 11 is 0. The Morgan fingerprint density at radius 2 is 0.773 bits per heavy atom. The molecule has 22 heavy (non-hydrogen) atoms. The van der Waals surface area contributed by atoms with Crippen molar-refractivity contribution >= 4 is 0 Å². The molecule has 0 rings (SSSR count). The lowest BCUT2D eigenvalue weighted by molar-refractivity contribution is 0.557. The monoisotopic (exact) mass is 306 g/mol. The van der Waals surface area contributed by atoms with E-state index in [1.807, 2.05) is 0 Å². The summed E-state index contributed by atoms with van der Waals surface area (Å²) in [7, 11) is 0. The fourth-order valence-corrected chi connectivity index (χ4v) is 2.77. The second-order valence-electron chi connectivity index (χ2n) is 6.64. The van der Waals surface area contributed by atoms with Gasteiger partial charge in [0.05, 0.1) is 0 Å². The minimum absolute atomic E-state index is 1.13. The number of hydrogen-bond acceptors (Lipinski definition) is 0. The molecule has 0 radical (unpaired) electrons. The molecule has 0 heterocycles. The lowest BCUT2D eigenvalue weighted by Gasteiger charge is -2.01. The number of unbranched alkanes of at least 4 members (excludes halogenated alkanes) is 13. The van der Waals surface area contributed by atoms with Gasteiger partial charge in [-0.3, -0.25) is 0 Å². The molecule has 0 saturated carbocycles. The van der Waals surface area contributed by atoms with Gasteiger partial charge in [0.1, 0.15) is 0 Å². The maximum Gasteiger partial charge on any atom is -0.0169 e. The van der Waals surface area contributed by atoms with Gasteiger partial charge in [0, 0.05) is 0 Å². The zero-order valence-electron chi connectivity index (χ0n) is 15.6. The van der Waals surface area contributed by atoms with Gasteiger partial charge in [-0.25, -0.2) is 0 Å². The average molecular weight is 307 g/mol. The predicted octanol–water partition coefficient (Wildman–Crippen LogP) is 8.38. The summed E-state index contributed by atoms with van der Waals surface area (Å²) in [6.45, 7) is 4.55.